The average Bonchev–Trinajstić information content (AvgIpc) is 2.93. The van der Waals surface area contributed by atoms with Crippen LogP contribution in [-0.2, 0) is 37.9 Å². The highest BCUT2D eigenvalue weighted by molar-refractivity contribution is 5.32. The summed E-state index contributed by atoms with van der Waals surface area (Å²) in [6.45, 7) is 13.6. The molecule has 0 aromatic carbocycles. The van der Waals surface area contributed by atoms with E-state index in [1.807, 2.05) is 0 Å². The first kappa shape index (κ1) is 62.8. The van der Waals surface area contributed by atoms with Crippen LogP contribution in [0.5, 0.6) is 0 Å². The second-order valence-corrected chi connectivity index (χ2v) is 25.9. The van der Waals surface area contributed by atoms with Crippen molar-refractivity contribution in [3.05, 3.63) is 11.6 Å². The van der Waals surface area contributed by atoms with Crippen LogP contribution in [0.4, 0.5) is 0 Å². The summed E-state index contributed by atoms with van der Waals surface area (Å²) < 4.78 is 47.5. The van der Waals surface area contributed by atoms with E-state index in [0.29, 0.717) is 32.1 Å². The Labute approximate surface area is 455 Å². The van der Waals surface area contributed by atoms with E-state index in [1.165, 1.54) is 0 Å². The van der Waals surface area contributed by atoms with Crippen LogP contribution in [0.15, 0.2) is 11.6 Å². The molecule has 4 heterocycles. The minimum absolute atomic E-state index is 0.0338. The third-order valence-electron chi connectivity index (χ3n) is 20.8. The summed E-state index contributed by atoms with van der Waals surface area (Å²) in [5.41, 5.74) is -2.12. The molecule has 0 amide bonds. The average molecular weight is 1130 g/mol. The molecule has 0 bridgehead atoms. The molecule has 452 valence electrons. The van der Waals surface area contributed by atoms with Crippen molar-refractivity contribution in [2.24, 2.45) is 45.3 Å². The fourth-order valence-electron chi connectivity index (χ4n) is 15.6. The summed E-state index contributed by atoms with van der Waals surface area (Å²) in [7, 11) is 0. The highest BCUT2D eigenvalue weighted by Crippen LogP contribution is 2.75. The lowest BCUT2D eigenvalue weighted by molar-refractivity contribution is -0.375. The Kier molecular flexibility index (Phi) is 19.1. The van der Waals surface area contributed by atoms with Crippen molar-refractivity contribution in [3.8, 4) is 0 Å². The maximum absolute atomic E-state index is 12.7. The molecule has 0 aromatic rings. The predicted molar refractivity (Wildman–Crippen MR) is 268 cm³/mol. The summed E-state index contributed by atoms with van der Waals surface area (Å²) in [5.74, 6) is 0.236. The number of aliphatic hydroxyl groups is 16. The van der Waals surface area contributed by atoms with Crippen LogP contribution in [0.2, 0.25) is 0 Å². The Bertz CT molecular complexity index is 2030. The number of fused-ring (bicyclic) bond motifs is 5. The topological polar surface area (TPSA) is 398 Å². The van der Waals surface area contributed by atoms with Crippen molar-refractivity contribution in [1.82, 2.24) is 0 Å². The Morgan fingerprint density at radius 2 is 1.09 bits per heavy atom. The first-order chi connectivity index (χ1) is 36.4. The molecule has 4 aliphatic heterocycles. The third kappa shape index (κ3) is 11.0. The zero-order valence-corrected chi connectivity index (χ0v) is 46.1. The Morgan fingerprint density at radius 1 is 0.590 bits per heavy atom. The molecule has 8 rings (SSSR count). The van der Waals surface area contributed by atoms with Gasteiger partial charge in [0.2, 0.25) is 0 Å². The van der Waals surface area contributed by atoms with E-state index in [9.17, 15) is 81.7 Å². The van der Waals surface area contributed by atoms with Gasteiger partial charge in [0, 0.05) is 10.8 Å². The maximum atomic E-state index is 12.7. The molecule has 24 nitrogen and oxygen atoms in total. The number of aliphatic hydroxyl groups excluding tert-OH is 15. The zero-order chi connectivity index (χ0) is 57.5. The smallest absolute Gasteiger partial charge is 0.187 e. The number of ether oxygens (including phenoxy) is 8. The van der Waals surface area contributed by atoms with Crippen LogP contribution in [-0.4, -0.2) is 255 Å². The van der Waals surface area contributed by atoms with Crippen molar-refractivity contribution in [2.45, 2.75) is 253 Å². The highest BCUT2D eigenvalue weighted by Gasteiger charge is 2.70. The van der Waals surface area contributed by atoms with Gasteiger partial charge in [0.15, 0.2) is 25.2 Å². The normalized spacial score (nSPS) is 51.4. The molecule has 24 heteroatoms. The van der Waals surface area contributed by atoms with Crippen LogP contribution in [0.3, 0.4) is 0 Å². The van der Waals surface area contributed by atoms with Gasteiger partial charge in [-0.15, -0.1) is 0 Å². The molecule has 30 atom stereocenters. The van der Waals surface area contributed by atoms with Gasteiger partial charge in [-0.05, 0) is 99.7 Å². The van der Waals surface area contributed by atoms with Gasteiger partial charge in [0.25, 0.3) is 0 Å². The van der Waals surface area contributed by atoms with Gasteiger partial charge in [-0.2, -0.15) is 0 Å². The van der Waals surface area contributed by atoms with Gasteiger partial charge < -0.3 is 120 Å². The molecule has 0 radical (unpaired) electrons. The SMILES string of the molecule is CC(CC[C@@H](O[C@@H]1O[C@H](CO)[C@@H](O)[C@H](O)[C@H]1O[C@H]1O[C@@H](CO)[C@H](O)[C@@H](O)[C@@H]1O)C(C)(C)O)[C@H]1CC[C@@]2(C)[C@H]3CC=C4[C@H](CC[C@H](O[C@@H]5O[C@H](CO[C@@H]6O[C@H](CO)[C@@H](O)[C@H](O)[C@H]6O)[C@@H](O)[C@H](O)[C@H]5O)C4(C)C)[C@]3(C)[C@H](O)C[C@]12C. The number of hydrogen-bond acceptors (Lipinski definition) is 24. The summed E-state index contributed by atoms with van der Waals surface area (Å²) in [4.78, 5) is 0. The number of rotatable bonds is 17. The van der Waals surface area contributed by atoms with Gasteiger partial charge in [0.1, 0.15) is 97.7 Å². The molecule has 7 fully saturated rings. The summed E-state index contributed by atoms with van der Waals surface area (Å²) in [5, 5.41) is 172. The van der Waals surface area contributed by atoms with E-state index in [2.05, 4.69) is 47.6 Å². The fourth-order valence-corrected chi connectivity index (χ4v) is 15.6. The standard InChI is InChI=1S/C54H92O24/c1-22(9-13-33(51(4,5)70)77-49-45(41(66)36(61)28(20-57)74-49)78-48-44(69)39(64)35(60)27(19-56)73-48)23-15-16-52(6)30-12-10-24-25(54(30,8)31(58)17-53(23,52)7)11-14-32(50(24,2)3)76-47-43(68)40(65)37(62)29(75-47)21-71-46-42(67)38(63)34(59)26(18-55)72-46/h10,22-23,25-49,55-70H,9,11-21H2,1-8H3/t22?,23-,25+,26-,27+,28-,29-,30-,31-,32+,33-,34-,35+,36-,37-,38+,39-,40+,41+,42-,43-,44+,45-,46-,47+,48-,49+,52+,53-,54+/m1/s1. The van der Waals surface area contributed by atoms with E-state index in [0.717, 1.165) is 18.4 Å². The highest BCUT2D eigenvalue weighted by atomic mass is 16.8. The molecule has 0 spiro atoms. The molecule has 3 saturated carbocycles. The predicted octanol–water partition coefficient (Wildman–Crippen LogP) is -3.23. The van der Waals surface area contributed by atoms with E-state index in [-0.39, 0.29) is 40.9 Å². The second-order valence-electron chi connectivity index (χ2n) is 25.9. The van der Waals surface area contributed by atoms with E-state index in [1.54, 1.807) is 13.8 Å². The minimum atomic E-state index is -1.85. The second kappa shape index (κ2) is 23.7. The maximum Gasteiger partial charge on any atom is 0.187 e. The third-order valence-corrected chi connectivity index (χ3v) is 20.8. The van der Waals surface area contributed by atoms with Gasteiger partial charge >= 0.3 is 0 Å². The number of hydrogen-bond donors (Lipinski definition) is 16. The summed E-state index contributed by atoms with van der Waals surface area (Å²) in [6.07, 6.45) is -26.9. The lowest BCUT2D eigenvalue weighted by Crippen LogP contribution is -2.65. The molecule has 4 aliphatic carbocycles. The largest absolute Gasteiger partial charge is 0.394 e. The van der Waals surface area contributed by atoms with Gasteiger partial charge in [-0.1, -0.05) is 53.2 Å². The van der Waals surface area contributed by atoms with Gasteiger partial charge in [0.05, 0.1) is 50.3 Å². The van der Waals surface area contributed by atoms with Crippen LogP contribution < -0.4 is 0 Å². The van der Waals surface area contributed by atoms with Crippen LogP contribution >= 0.6 is 0 Å². The van der Waals surface area contributed by atoms with Crippen molar-refractivity contribution < 1.29 is 120 Å². The Morgan fingerprint density at radius 3 is 1.65 bits per heavy atom. The lowest BCUT2D eigenvalue weighted by Gasteiger charge is -2.67. The zero-order valence-electron chi connectivity index (χ0n) is 46.1. The van der Waals surface area contributed by atoms with Crippen molar-refractivity contribution in [3.63, 3.8) is 0 Å². The summed E-state index contributed by atoms with van der Waals surface area (Å²) >= 11 is 0. The number of allylic oxidation sites excluding steroid dienone is 1. The lowest BCUT2D eigenvalue weighted by atomic mass is 9.38. The molecule has 0 aromatic heterocycles. The molecular weight excluding hydrogens is 1030 g/mol. The van der Waals surface area contributed by atoms with E-state index >= 15 is 0 Å². The van der Waals surface area contributed by atoms with Crippen molar-refractivity contribution in [2.75, 3.05) is 26.4 Å². The molecule has 8 aliphatic rings. The Hall–Kier alpha value is -1.22. The summed E-state index contributed by atoms with van der Waals surface area (Å²) in [6, 6.07) is 0. The first-order valence-corrected chi connectivity index (χ1v) is 28.0. The quantitative estimate of drug-likeness (QED) is 0.0637. The van der Waals surface area contributed by atoms with Gasteiger partial charge in [-0.3, -0.25) is 0 Å². The fraction of sp³-hybridized carbons (Fsp3) is 0.963. The van der Waals surface area contributed by atoms with Crippen LogP contribution in [0.25, 0.3) is 0 Å². The first-order valence-electron chi connectivity index (χ1n) is 28.0. The van der Waals surface area contributed by atoms with Gasteiger partial charge in [-0.25, -0.2) is 0 Å². The minimum Gasteiger partial charge on any atom is -0.394 e. The molecule has 4 saturated heterocycles. The van der Waals surface area contributed by atoms with E-state index in [4.69, 9.17) is 37.9 Å². The monoisotopic (exact) mass is 1120 g/mol. The molecule has 78 heavy (non-hydrogen) atoms. The molecular formula is C54H92O24. The van der Waals surface area contributed by atoms with Crippen molar-refractivity contribution in [1.29, 1.82) is 0 Å². The van der Waals surface area contributed by atoms with Crippen molar-refractivity contribution >= 4 is 0 Å². The Balaban J connectivity index is 0.940. The van der Waals surface area contributed by atoms with E-state index < -0.39 is 184 Å². The van der Waals surface area contributed by atoms with Crippen LogP contribution in [0.1, 0.15) is 107 Å². The molecule has 1 unspecified atom stereocenters. The van der Waals surface area contributed by atoms with Crippen LogP contribution in [0, 0.1) is 45.3 Å². The molecule has 16 N–H and O–H groups in total.